The average molecular weight is 380 g/mol. The number of ether oxygens (including phenoxy) is 1. The molecular weight excluding hydrogens is 356 g/mol. The molecule has 1 unspecified atom stereocenters. The van der Waals surface area contributed by atoms with Crippen LogP contribution < -0.4 is 15.6 Å². The van der Waals surface area contributed by atoms with Crippen molar-refractivity contribution in [3.05, 3.63) is 64.4 Å². The summed E-state index contributed by atoms with van der Waals surface area (Å²) in [6, 6.07) is 14.5. The van der Waals surface area contributed by atoms with Crippen molar-refractivity contribution in [3.63, 3.8) is 0 Å². The Balaban J connectivity index is 1.58. The van der Waals surface area contributed by atoms with Gasteiger partial charge in [-0.25, -0.2) is 4.68 Å². The molecular formula is C21H24N4O3. The fourth-order valence-corrected chi connectivity index (χ4v) is 2.88. The second-order valence-corrected chi connectivity index (χ2v) is 6.91. The summed E-state index contributed by atoms with van der Waals surface area (Å²) in [4.78, 5) is 24.7. The van der Waals surface area contributed by atoms with Crippen molar-refractivity contribution in [2.24, 2.45) is 0 Å². The molecule has 1 aromatic heterocycles. The van der Waals surface area contributed by atoms with Gasteiger partial charge < -0.3 is 10.1 Å². The number of aryl methyl sites for hydroxylation is 1. The van der Waals surface area contributed by atoms with E-state index >= 15 is 0 Å². The quantitative estimate of drug-likeness (QED) is 0.681. The minimum atomic E-state index is -0.243. The number of fused-ring (bicyclic) bond motifs is 1. The molecule has 0 aliphatic rings. The van der Waals surface area contributed by atoms with Gasteiger partial charge in [-0.1, -0.05) is 29.5 Å². The first-order chi connectivity index (χ1) is 13.4. The number of carbonyl (C=O) groups excluding carboxylic acids is 1. The second-order valence-electron chi connectivity index (χ2n) is 6.91. The first-order valence-electron chi connectivity index (χ1n) is 9.32. The molecule has 0 aliphatic heterocycles. The number of rotatable bonds is 7. The normalized spacial score (nSPS) is 12.1. The molecule has 0 radical (unpaired) electrons. The molecule has 1 N–H and O–H groups in total. The average Bonchev–Trinajstić information content (AvgIpc) is 2.67. The number of nitrogens with zero attached hydrogens (tertiary/aromatic N) is 3. The van der Waals surface area contributed by atoms with Crippen LogP contribution in [0.1, 0.15) is 38.8 Å². The van der Waals surface area contributed by atoms with Gasteiger partial charge in [0, 0.05) is 6.42 Å². The molecule has 7 nitrogen and oxygen atoms in total. The Kier molecular flexibility index (Phi) is 6.03. The van der Waals surface area contributed by atoms with Gasteiger partial charge in [-0.15, -0.1) is 5.10 Å². The maximum absolute atomic E-state index is 12.4. The van der Waals surface area contributed by atoms with Crippen LogP contribution in [0.2, 0.25) is 0 Å². The van der Waals surface area contributed by atoms with Crippen LogP contribution in [-0.4, -0.2) is 27.0 Å². The van der Waals surface area contributed by atoms with Crippen molar-refractivity contribution in [1.29, 1.82) is 0 Å². The molecule has 28 heavy (non-hydrogen) atoms. The predicted octanol–water partition coefficient (Wildman–Crippen LogP) is 2.85. The second kappa shape index (κ2) is 8.65. The van der Waals surface area contributed by atoms with E-state index in [1.54, 1.807) is 24.3 Å². The summed E-state index contributed by atoms with van der Waals surface area (Å²) in [5.41, 5.74) is 1.28. The Hall–Kier alpha value is -3.22. The zero-order valence-electron chi connectivity index (χ0n) is 16.3. The van der Waals surface area contributed by atoms with Gasteiger partial charge in [0.15, 0.2) is 0 Å². The van der Waals surface area contributed by atoms with E-state index in [9.17, 15) is 9.59 Å². The third kappa shape index (κ3) is 4.73. The molecule has 0 bridgehead atoms. The Bertz CT molecular complexity index is 1010. The van der Waals surface area contributed by atoms with Crippen molar-refractivity contribution in [2.45, 2.75) is 45.9 Å². The van der Waals surface area contributed by atoms with Crippen LogP contribution in [0.3, 0.4) is 0 Å². The fourth-order valence-electron chi connectivity index (χ4n) is 2.88. The van der Waals surface area contributed by atoms with E-state index in [1.807, 2.05) is 45.0 Å². The summed E-state index contributed by atoms with van der Waals surface area (Å²) < 4.78 is 6.85. The Morgan fingerprint density at radius 3 is 2.54 bits per heavy atom. The number of benzene rings is 2. The van der Waals surface area contributed by atoms with Crippen LogP contribution >= 0.6 is 0 Å². The number of hydrogen-bond acceptors (Lipinski definition) is 5. The lowest BCUT2D eigenvalue weighted by Crippen LogP contribution is -2.30. The molecule has 0 fully saturated rings. The highest BCUT2D eigenvalue weighted by molar-refractivity contribution is 5.77. The summed E-state index contributed by atoms with van der Waals surface area (Å²) in [5.74, 6) is 0.642. The van der Waals surface area contributed by atoms with Gasteiger partial charge in [-0.3, -0.25) is 9.59 Å². The molecule has 3 rings (SSSR count). The van der Waals surface area contributed by atoms with Crippen molar-refractivity contribution >= 4 is 16.8 Å². The van der Waals surface area contributed by atoms with Gasteiger partial charge in [0.2, 0.25) is 5.91 Å². The Morgan fingerprint density at radius 1 is 1.11 bits per heavy atom. The molecule has 146 valence electrons. The molecule has 0 saturated carbocycles. The van der Waals surface area contributed by atoms with E-state index in [2.05, 4.69) is 15.6 Å². The Morgan fingerprint density at radius 2 is 1.82 bits per heavy atom. The highest BCUT2D eigenvalue weighted by atomic mass is 16.5. The zero-order valence-corrected chi connectivity index (χ0v) is 16.3. The molecule has 0 saturated heterocycles. The summed E-state index contributed by atoms with van der Waals surface area (Å²) in [6.45, 7) is 6.04. The van der Waals surface area contributed by atoms with Crippen LogP contribution in [0.15, 0.2) is 53.3 Å². The van der Waals surface area contributed by atoms with Gasteiger partial charge >= 0.3 is 0 Å². The highest BCUT2D eigenvalue weighted by Crippen LogP contribution is 2.18. The van der Waals surface area contributed by atoms with Crippen molar-refractivity contribution in [3.8, 4) is 5.75 Å². The number of nitrogens with one attached hydrogen (secondary N) is 1. The predicted molar refractivity (Wildman–Crippen MR) is 107 cm³/mol. The first kappa shape index (κ1) is 19.5. The van der Waals surface area contributed by atoms with Crippen LogP contribution in [0.5, 0.6) is 5.75 Å². The molecule has 0 spiro atoms. The van der Waals surface area contributed by atoms with Crippen LogP contribution in [-0.2, 0) is 11.3 Å². The van der Waals surface area contributed by atoms with Crippen molar-refractivity contribution in [1.82, 2.24) is 20.3 Å². The van der Waals surface area contributed by atoms with Gasteiger partial charge in [0.25, 0.3) is 5.56 Å². The fraction of sp³-hybridized carbons (Fsp3) is 0.333. The minimum absolute atomic E-state index is 0.115. The van der Waals surface area contributed by atoms with E-state index in [-0.39, 0.29) is 36.6 Å². The van der Waals surface area contributed by atoms with Crippen LogP contribution in [0, 0.1) is 0 Å². The van der Waals surface area contributed by atoms with Crippen LogP contribution in [0.25, 0.3) is 10.9 Å². The molecule has 1 amide bonds. The first-order valence-corrected chi connectivity index (χ1v) is 9.32. The zero-order chi connectivity index (χ0) is 20.1. The van der Waals surface area contributed by atoms with E-state index in [4.69, 9.17) is 4.74 Å². The largest absolute Gasteiger partial charge is 0.491 e. The monoisotopic (exact) mass is 380 g/mol. The van der Waals surface area contributed by atoms with Crippen molar-refractivity contribution in [2.75, 3.05) is 0 Å². The van der Waals surface area contributed by atoms with Crippen molar-refractivity contribution < 1.29 is 9.53 Å². The molecule has 3 aromatic rings. The summed E-state index contributed by atoms with van der Waals surface area (Å²) in [6.07, 6.45) is 0.260. The third-order valence-corrected chi connectivity index (χ3v) is 4.31. The lowest BCUT2D eigenvalue weighted by Gasteiger charge is -2.16. The van der Waals surface area contributed by atoms with Crippen LogP contribution in [0.4, 0.5) is 0 Å². The van der Waals surface area contributed by atoms with E-state index < -0.39 is 0 Å². The smallest absolute Gasteiger partial charge is 0.277 e. The maximum Gasteiger partial charge on any atom is 0.277 e. The Labute approximate surface area is 163 Å². The van der Waals surface area contributed by atoms with Gasteiger partial charge in [-0.05, 0) is 50.6 Å². The number of carbonyl (C=O) groups is 1. The molecule has 1 heterocycles. The summed E-state index contributed by atoms with van der Waals surface area (Å²) in [5, 5.41) is 11.4. The lowest BCUT2D eigenvalue weighted by atomic mass is 10.1. The minimum Gasteiger partial charge on any atom is -0.491 e. The number of amides is 1. The maximum atomic E-state index is 12.4. The molecule has 7 heteroatoms. The molecule has 0 aliphatic carbocycles. The lowest BCUT2D eigenvalue weighted by molar-refractivity contribution is -0.122. The van der Waals surface area contributed by atoms with E-state index in [0.29, 0.717) is 10.9 Å². The standard InChI is InChI=1S/C21H24N4O3/c1-14(2)28-17-10-8-16(9-11-17)15(3)22-20(26)12-13-25-21(27)18-6-4-5-7-19(18)23-24-25/h4-11,14-15H,12-13H2,1-3H3,(H,22,26). The van der Waals surface area contributed by atoms with E-state index in [0.717, 1.165) is 11.3 Å². The molecule has 1 atom stereocenters. The third-order valence-electron chi connectivity index (χ3n) is 4.31. The van der Waals surface area contributed by atoms with E-state index in [1.165, 1.54) is 4.68 Å². The molecule has 2 aromatic carbocycles. The number of aromatic nitrogens is 3. The summed E-state index contributed by atoms with van der Waals surface area (Å²) in [7, 11) is 0. The topological polar surface area (TPSA) is 86.1 Å². The van der Waals surface area contributed by atoms with Gasteiger partial charge in [0.1, 0.15) is 11.3 Å². The van der Waals surface area contributed by atoms with Gasteiger partial charge in [-0.2, -0.15) is 0 Å². The number of hydrogen-bond donors (Lipinski definition) is 1. The highest BCUT2D eigenvalue weighted by Gasteiger charge is 2.12. The summed E-state index contributed by atoms with van der Waals surface area (Å²) >= 11 is 0. The van der Waals surface area contributed by atoms with Gasteiger partial charge in [0.05, 0.1) is 24.1 Å². The SMILES string of the molecule is CC(C)Oc1ccc(C(C)NC(=O)CCn2nnc3ccccc3c2=O)cc1.